The molecule has 140 valence electrons. The molecule has 0 spiro atoms. The summed E-state index contributed by atoms with van der Waals surface area (Å²) in [6.07, 6.45) is 4.22. The minimum Gasteiger partial charge on any atom is -0.508 e. The zero-order valence-electron chi connectivity index (χ0n) is 15.7. The molecule has 4 rings (SSSR count). The molecule has 0 bridgehead atoms. The van der Waals surface area contributed by atoms with Crippen molar-refractivity contribution < 1.29 is 5.11 Å². The first-order chi connectivity index (χ1) is 13.1. The van der Waals surface area contributed by atoms with Crippen molar-refractivity contribution in [2.45, 2.75) is 45.6 Å². The first kappa shape index (κ1) is 17.5. The van der Waals surface area contributed by atoms with E-state index in [-0.39, 0.29) is 17.4 Å². The first-order valence-electron chi connectivity index (χ1n) is 9.55. The van der Waals surface area contributed by atoms with Crippen molar-refractivity contribution in [2.75, 3.05) is 11.9 Å². The molecule has 2 heterocycles. The summed E-state index contributed by atoms with van der Waals surface area (Å²) in [6.45, 7) is 4.67. The van der Waals surface area contributed by atoms with E-state index in [1.165, 1.54) is 0 Å². The average Bonchev–Trinajstić information content (AvgIpc) is 3.16. The van der Waals surface area contributed by atoms with E-state index in [9.17, 15) is 9.90 Å². The van der Waals surface area contributed by atoms with Crippen molar-refractivity contribution in [3.05, 3.63) is 46.4 Å². The van der Waals surface area contributed by atoms with Crippen LogP contribution in [0.2, 0.25) is 0 Å². The van der Waals surface area contributed by atoms with E-state index >= 15 is 0 Å². The zero-order valence-corrected chi connectivity index (χ0v) is 15.7. The number of aryl methyl sites for hydroxylation is 1. The van der Waals surface area contributed by atoms with Crippen LogP contribution in [-0.4, -0.2) is 26.2 Å². The molecule has 2 aromatic heterocycles. The number of phenols is 1. The quantitative estimate of drug-likeness (QED) is 0.731. The van der Waals surface area contributed by atoms with Gasteiger partial charge in [-0.25, -0.2) is 4.98 Å². The maximum Gasteiger partial charge on any atom is 0.260 e. The van der Waals surface area contributed by atoms with Crippen LogP contribution < -0.4 is 10.9 Å². The van der Waals surface area contributed by atoms with Crippen molar-refractivity contribution >= 4 is 17.0 Å². The van der Waals surface area contributed by atoms with Crippen molar-refractivity contribution in [1.29, 1.82) is 0 Å². The molecule has 0 saturated heterocycles. The van der Waals surface area contributed by atoms with E-state index in [2.05, 4.69) is 15.3 Å². The number of fused-ring (bicyclic) bond motifs is 1. The molecular formula is C21H24N4O2. The second kappa shape index (κ2) is 7.02. The van der Waals surface area contributed by atoms with Crippen molar-refractivity contribution in [3.63, 3.8) is 0 Å². The molecule has 2 N–H and O–H groups in total. The van der Waals surface area contributed by atoms with Crippen LogP contribution in [0.15, 0.2) is 35.1 Å². The minimum absolute atomic E-state index is 0.0550. The molecule has 3 aromatic rings. The number of nitrogens with one attached hydrogen (secondary N) is 1. The lowest BCUT2D eigenvalue weighted by Gasteiger charge is -2.19. The van der Waals surface area contributed by atoms with Gasteiger partial charge in [0.2, 0.25) is 5.95 Å². The van der Waals surface area contributed by atoms with E-state index in [0.29, 0.717) is 22.7 Å². The van der Waals surface area contributed by atoms with Gasteiger partial charge in [0.15, 0.2) is 0 Å². The third kappa shape index (κ3) is 3.16. The van der Waals surface area contributed by atoms with E-state index in [4.69, 9.17) is 0 Å². The van der Waals surface area contributed by atoms with Gasteiger partial charge in [-0.05, 0) is 50.5 Å². The molecule has 6 nitrogen and oxygen atoms in total. The minimum atomic E-state index is -0.0550. The number of anilines is 1. The molecule has 6 heteroatoms. The van der Waals surface area contributed by atoms with E-state index in [1.54, 1.807) is 18.2 Å². The van der Waals surface area contributed by atoms with Crippen LogP contribution in [-0.2, 0) is 0 Å². The predicted octanol–water partition coefficient (Wildman–Crippen LogP) is 4.02. The van der Waals surface area contributed by atoms with Gasteiger partial charge in [0.05, 0.1) is 5.69 Å². The van der Waals surface area contributed by atoms with Crippen LogP contribution in [0.4, 0.5) is 5.95 Å². The van der Waals surface area contributed by atoms with E-state index in [0.717, 1.165) is 43.3 Å². The zero-order chi connectivity index (χ0) is 19.0. The van der Waals surface area contributed by atoms with E-state index in [1.807, 2.05) is 30.5 Å². The molecule has 1 aromatic carbocycles. The fourth-order valence-electron chi connectivity index (χ4n) is 3.97. The third-order valence-electron chi connectivity index (χ3n) is 5.26. The Hall–Kier alpha value is -2.89. The Labute approximate surface area is 157 Å². The van der Waals surface area contributed by atoms with Crippen molar-refractivity contribution in [3.8, 4) is 16.9 Å². The lowest BCUT2D eigenvalue weighted by atomic mass is 10.0. The van der Waals surface area contributed by atoms with Crippen LogP contribution in [0, 0.1) is 6.92 Å². The average molecular weight is 364 g/mol. The smallest absolute Gasteiger partial charge is 0.260 e. The number of rotatable bonds is 4. The summed E-state index contributed by atoms with van der Waals surface area (Å²) in [5.74, 6) is 0.702. The Kier molecular flexibility index (Phi) is 4.56. The summed E-state index contributed by atoms with van der Waals surface area (Å²) < 4.78 is 1.86. The highest BCUT2D eigenvalue weighted by Crippen LogP contribution is 2.33. The summed E-state index contributed by atoms with van der Waals surface area (Å²) in [5, 5.41) is 13.9. The third-order valence-corrected chi connectivity index (χ3v) is 5.26. The SMILES string of the molecule is CCNc1nc(C)c2cc(-c3cccc(O)c3)c(=O)n(C3CCCC3)c2n1. The predicted molar refractivity (Wildman–Crippen MR) is 107 cm³/mol. The Morgan fingerprint density at radius 3 is 2.70 bits per heavy atom. The number of hydrogen-bond acceptors (Lipinski definition) is 5. The Morgan fingerprint density at radius 1 is 1.22 bits per heavy atom. The van der Waals surface area contributed by atoms with Crippen LogP contribution in [0.25, 0.3) is 22.2 Å². The molecule has 1 fully saturated rings. The molecule has 0 amide bonds. The van der Waals surface area contributed by atoms with Crippen LogP contribution >= 0.6 is 0 Å². The van der Waals surface area contributed by atoms with Crippen molar-refractivity contribution in [1.82, 2.24) is 14.5 Å². The molecule has 0 unspecified atom stereocenters. The van der Waals surface area contributed by atoms with Gasteiger partial charge in [-0.15, -0.1) is 0 Å². The van der Waals surface area contributed by atoms with Gasteiger partial charge in [-0.1, -0.05) is 25.0 Å². The van der Waals surface area contributed by atoms with Crippen molar-refractivity contribution in [2.24, 2.45) is 0 Å². The Balaban J connectivity index is 2.04. The number of aromatic hydroxyl groups is 1. The number of benzene rings is 1. The second-order valence-corrected chi connectivity index (χ2v) is 7.12. The highest BCUT2D eigenvalue weighted by atomic mass is 16.3. The number of nitrogens with zero attached hydrogens (tertiary/aromatic N) is 3. The number of hydrogen-bond donors (Lipinski definition) is 2. The van der Waals surface area contributed by atoms with Gasteiger partial charge in [0.1, 0.15) is 11.4 Å². The fraction of sp³-hybridized carbons (Fsp3) is 0.381. The first-order valence-corrected chi connectivity index (χ1v) is 9.55. The molecular weight excluding hydrogens is 340 g/mol. The maximum atomic E-state index is 13.5. The Morgan fingerprint density at radius 2 is 2.00 bits per heavy atom. The molecule has 1 saturated carbocycles. The second-order valence-electron chi connectivity index (χ2n) is 7.12. The summed E-state index contributed by atoms with van der Waals surface area (Å²) in [6, 6.07) is 8.86. The van der Waals surface area contributed by atoms with Gasteiger partial charge in [0.25, 0.3) is 5.56 Å². The number of phenolic OH excluding ortho intramolecular Hbond substituents is 1. The molecule has 0 aliphatic heterocycles. The highest BCUT2D eigenvalue weighted by molar-refractivity contribution is 5.84. The van der Waals surface area contributed by atoms with Gasteiger partial charge in [-0.2, -0.15) is 4.98 Å². The highest BCUT2D eigenvalue weighted by Gasteiger charge is 2.24. The maximum absolute atomic E-state index is 13.5. The van der Waals surface area contributed by atoms with Crippen LogP contribution in [0.5, 0.6) is 5.75 Å². The number of aromatic nitrogens is 3. The molecule has 27 heavy (non-hydrogen) atoms. The summed E-state index contributed by atoms with van der Waals surface area (Å²) >= 11 is 0. The lowest BCUT2D eigenvalue weighted by Crippen LogP contribution is -2.26. The van der Waals surface area contributed by atoms with Gasteiger partial charge < -0.3 is 10.4 Å². The Bertz CT molecular complexity index is 1050. The van der Waals surface area contributed by atoms with Crippen LogP contribution in [0.1, 0.15) is 44.3 Å². The lowest BCUT2D eigenvalue weighted by molar-refractivity contribution is 0.475. The molecule has 0 radical (unpaired) electrons. The van der Waals surface area contributed by atoms with Gasteiger partial charge in [-0.3, -0.25) is 9.36 Å². The van der Waals surface area contributed by atoms with E-state index < -0.39 is 0 Å². The topological polar surface area (TPSA) is 80.0 Å². The summed E-state index contributed by atoms with van der Waals surface area (Å²) in [4.78, 5) is 22.7. The fourth-order valence-corrected chi connectivity index (χ4v) is 3.97. The normalized spacial score (nSPS) is 14.7. The van der Waals surface area contributed by atoms with Gasteiger partial charge in [0, 0.05) is 23.5 Å². The number of pyridine rings is 1. The summed E-state index contributed by atoms with van der Waals surface area (Å²) in [7, 11) is 0. The standard InChI is InChI=1S/C21H24N4O2/c1-3-22-21-23-13(2)17-12-18(14-7-6-10-16(26)11-14)20(27)25(19(17)24-21)15-8-4-5-9-15/h6-7,10-12,15,26H,3-5,8-9H2,1-2H3,(H,22,23,24). The largest absolute Gasteiger partial charge is 0.508 e. The molecule has 0 atom stereocenters. The molecule has 1 aliphatic rings. The summed E-state index contributed by atoms with van der Waals surface area (Å²) in [5.41, 5.74) is 2.76. The van der Waals surface area contributed by atoms with Gasteiger partial charge >= 0.3 is 0 Å². The molecule has 1 aliphatic carbocycles. The monoisotopic (exact) mass is 364 g/mol. The van der Waals surface area contributed by atoms with Crippen LogP contribution in [0.3, 0.4) is 0 Å².